The summed E-state index contributed by atoms with van der Waals surface area (Å²) in [5, 5.41) is 3.60. The molecule has 0 aromatic rings. The quantitative estimate of drug-likeness (QED) is 0.463. The number of nitrogens with one attached hydrogen (secondary N) is 1. The van der Waals surface area contributed by atoms with E-state index in [9.17, 15) is 0 Å². The minimum Gasteiger partial charge on any atom is -0.384 e. The van der Waals surface area contributed by atoms with Gasteiger partial charge in [0.15, 0.2) is 0 Å². The van der Waals surface area contributed by atoms with Crippen molar-refractivity contribution in [3.8, 4) is 0 Å². The maximum absolute atomic E-state index is 4.32. The van der Waals surface area contributed by atoms with Gasteiger partial charge in [0.1, 0.15) is 0 Å². The molecule has 4 fully saturated rings. The molecule has 4 rings (SSSR count). The first-order valence-corrected chi connectivity index (χ1v) is 13.9. The highest BCUT2D eigenvalue weighted by Crippen LogP contribution is 2.70. The van der Waals surface area contributed by atoms with Gasteiger partial charge < -0.3 is 5.32 Å². The summed E-state index contributed by atoms with van der Waals surface area (Å²) in [5.41, 5.74) is 2.60. The molecule has 4 saturated carbocycles. The molecule has 0 bridgehead atoms. The van der Waals surface area contributed by atoms with E-state index >= 15 is 0 Å². The fraction of sp³-hybridized carbons (Fsp3) is 0.933. The molecule has 31 heavy (non-hydrogen) atoms. The van der Waals surface area contributed by atoms with Crippen LogP contribution in [-0.4, -0.2) is 5.54 Å². The van der Waals surface area contributed by atoms with Crippen LogP contribution in [0.1, 0.15) is 119 Å². The van der Waals surface area contributed by atoms with Crippen molar-refractivity contribution in [1.29, 1.82) is 0 Å². The van der Waals surface area contributed by atoms with Gasteiger partial charge in [-0.15, -0.1) is 0 Å². The van der Waals surface area contributed by atoms with Gasteiger partial charge in [-0.05, 0) is 131 Å². The molecule has 0 spiro atoms. The molecule has 1 nitrogen and oxygen atoms in total. The summed E-state index contributed by atoms with van der Waals surface area (Å²) >= 11 is 0. The van der Waals surface area contributed by atoms with Gasteiger partial charge in [-0.1, -0.05) is 47.1 Å². The highest BCUT2D eigenvalue weighted by Gasteiger charge is 2.63. The maximum Gasteiger partial charge on any atom is 0.0286 e. The summed E-state index contributed by atoms with van der Waals surface area (Å²) in [7, 11) is 0. The smallest absolute Gasteiger partial charge is 0.0286 e. The van der Waals surface area contributed by atoms with E-state index in [4.69, 9.17) is 0 Å². The van der Waals surface area contributed by atoms with Gasteiger partial charge in [-0.25, -0.2) is 0 Å². The molecule has 0 saturated heterocycles. The molecule has 0 aromatic heterocycles. The van der Waals surface area contributed by atoms with Crippen molar-refractivity contribution < 1.29 is 0 Å². The third-order valence-electron chi connectivity index (χ3n) is 11.3. The Kier molecular flexibility index (Phi) is 6.41. The third-order valence-corrected chi connectivity index (χ3v) is 11.3. The van der Waals surface area contributed by atoms with Crippen LogP contribution >= 0.6 is 0 Å². The Hall–Kier alpha value is -0.460. The van der Waals surface area contributed by atoms with Gasteiger partial charge in [0.25, 0.3) is 0 Å². The fourth-order valence-corrected chi connectivity index (χ4v) is 9.78. The summed E-state index contributed by atoms with van der Waals surface area (Å²) < 4.78 is 0. The summed E-state index contributed by atoms with van der Waals surface area (Å²) in [5.74, 6) is 6.79. The van der Waals surface area contributed by atoms with Crippen molar-refractivity contribution in [1.82, 2.24) is 5.32 Å². The average Bonchev–Trinajstić information content (AvgIpc) is 3.00. The Morgan fingerprint density at radius 1 is 1.00 bits per heavy atom. The molecule has 4 aliphatic rings. The van der Waals surface area contributed by atoms with Crippen LogP contribution in [0.4, 0.5) is 0 Å². The van der Waals surface area contributed by atoms with Gasteiger partial charge in [0.2, 0.25) is 0 Å². The van der Waals surface area contributed by atoms with Crippen molar-refractivity contribution in [3.05, 3.63) is 12.3 Å². The molecule has 1 N–H and O–H groups in total. The van der Waals surface area contributed by atoms with E-state index in [1.54, 1.807) is 0 Å². The molecular weight excluding hydrogens is 374 g/mol. The Morgan fingerprint density at radius 2 is 1.74 bits per heavy atom. The lowest BCUT2D eigenvalue weighted by atomic mass is 9.41. The zero-order chi connectivity index (χ0) is 22.6. The molecule has 0 heterocycles. The van der Waals surface area contributed by atoms with Crippen LogP contribution in [0, 0.1) is 52.3 Å². The van der Waals surface area contributed by atoms with E-state index in [1.165, 1.54) is 69.9 Å². The van der Waals surface area contributed by atoms with E-state index < -0.39 is 0 Å². The largest absolute Gasteiger partial charge is 0.384 e. The molecule has 1 heteroatoms. The first-order valence-electron chi connectivity index (χ1n) is 13.9. The van der Waals surface area contributed by atoms with E-state index in [-0.39, 0.29) is 5.54 Å². The minimum absolute atomic E-state index is 0.138. The lowest BCUT2D eigenvalue weighted by molar-refractivity contribution is -0.155. The van der Waals surface area contributed by atoms with Crippen LogP contribution in [0.5, 0.6) is 0 Å². The normalized spacial score (nSPS) is 47.3. The fourth-order valence-electron chi connectivity index (χ4n) is 9.78. The zero-order valence-corrected chi connectivity index (χ0v) is 22.0. The Labute approximate surface area is 194 Å². The first-order chi connectivity index (χ1) is 14.5. The maximum atomic E-state index is 4.32. The van der Waals surface area contributed by atoms with Crippen LogP contribution < -0.4 is 5.32 Å². The first kappa shape index (κ1) is 23.7. The van der Waals surface area contributed by atoms with E-state index in [0.29, 0.717) is 10.8 Å². The standard InChI is InChI=1S/C30H53N/c1-20-18-24-13-9-10-17-29(24,7)26-19-21(2)30(8)23(15-16-25(30)27(20)26)14-11-12-22(3)31-28(4,5)6/h20-21,23-27,31H,3,9-19H2,1-2,4-8H3/t20?,21-,23?,24?,25?,26?,27?,29?,30?/m0/s1. The molecule has 0 amide bonds. The second-order valence-corrected chi connectivity index (χ2v) is 14.1. The van der Waals surface area contributed by atoms with Crippen molar-refractivity contribution in [2.24, 2.45) is 52.3 Å². The van der Waals surface area contributed by atoms with Gasteiger partial charge in [0, 0.05) is 11.2 Å². The van der Waals surface area contributed by atoms with Crippen molar-refractivity contribution in [2.45, 2.75) is 125 Å². The molecular formula is C30H53N. The zero-order valence-electron chi connectivity index (χ0n) is 22.0. The molecule has 0 radical (unpaired) electrons. The van der Waals surface area contributed by atoms with Crippen LogP contribution in [0.3, 0.4) is 0 Å². The highest BCUT2D eigenvalue weighted by atomic mass is 15.0. The van der Waals surface area contributed by atoms with Crippen LogP contribution in [0.2, 0.25) is 0 Å². The van der Waals surface area contributed by atoms with Crippen LogP contribution in [-0.2, 0) is 0 Å². The van der Waals surface area contributed by atoms with E-state index in [1.807, 2.05) is 0 Å². The van der Waals surface area contributed by atoms with E-state index in [0.717, 1.165) is 47.8 Å². The SMILES string of the molecule is C=C(CCCC1CCC2C3C(C)CC4CCCCC4(C)C3C[C@H](C)C12C)NC(C)(C)C. The summed E-state index contributed by atoms with van der Waals surface area (Å²) in [6.07, 6.45) is 16.0. The average molecular weight is 428 g/mol. The number of rotatable bonds is 5. The van der Waals surface area contributed by atoms with Crippen molar-refractivity contribution in [3.63, 3.8) is 0 Å². The lowest BCUT2D eigenvalue weighted by Crippen LogP contribution is -2.57. The number of allylic oxidation sites excluding steroid dienone is 1. The van der Waals surface area contributed by atoms with Gasteiger partial charge in [-0.2, -0.15) is 0 Å². The van der Waals surface area contributed by atoms with Crippen LogP contribution in [0.15, 0.2) is 12.3 Å². The van der Waals surface area contributed by atoms with Gasteiger partial charge in [-0.3, -0.25) is 0 Å². The van der Waals surface area contributed by atoms with Crippen LogP contribution in [0.25, 0.3) is 0 Å². The molecule has 9 atom stereocenters. The Balaban J connectivity index is 1.46. The second kappa shape index (κ2) is 8.39. The summed E-state index contributed by atoms with van der Waals surface area (Å²) in [6.45, 7) is 21.8. The molecule has 4 aliphatic carbocycles. The summed E-state index contributed by atoms with van der Waals surface area (Å²) in [6, 6.07) is 0. The Morgan fingerprint density at radius 3 is 2.45 bits per heavy atom. The predicted octanol–water partition coefficient (Wildman–Crippen LogP) is 8.60. The van der Waals surface area contributed by atoms with Gasteiger partial charge in [0.05, 0.1) is 0 Å². The molecule has 0 aliphatic heterocycles. The third kappa shape index (κ3) is 4.14. The van der Waals surface area contributed by atoms with E-state index in [2.05, 4.69) is 60.4 Å². The predicted molar refractivity (Wildman–Crippen MR) is 135 cm³/mol. The van der Waals surface area contributed by atoms with Gasteiger partial charge >= 0.3 is 0 Å². The highest BCUT2D eigenvalue weighted by molar-refractivity contribution is 5.12. The monoisotopic (exact) mass is 427 g/mol. The van der Waals surface area contributed by atoms with Crippen molar-refractivity contribution >= 4 is 0 Å². The topological polar surface area (TPSA) is 12.0 Å². The lowest BCUT2D eigenvalue weighted by Gasteiger charge is -2.64. The number of hydrogen-bond acceptors (Lipinski definition) is 1. The molecule has 178 valence electrons. The molecule has 8 unspecified atom stereocenters. The second-order valence-electron chi connectivity index (χ2n) is 14.1. The number of hydrogen-bond donors (Lipinski definition) is 1. The summed E-state index contributed by atoms with van der Waals surface area (Å²) in [4.78, 5) is 0. The minimum atomic E-state index is 0.138. The number of fused-ring (bicyclic) bond motifs is 5. The molecule has 0 aromatic carbocycles. The Bertz CT molecular complexity index is 658. The van der Waals surface area contributed by atoms with Crippen molar-refractivity contribution in [2.75, 3.05) is 0 Å².